The number of amides is 1. The molecule has 0 aliphatic heterocycles. The van der Waals surface area contributed by atoms with Gasteiger partial charge >= 0.3 is 11.1 Å². The normalized spacial score (nSPS) is 12.3. The van der Waals surface area contributed by atoms with Gasteiger partial charge in [-0.2, -0.15) is 0 Å². The van der Waals surface area contributed by atoms with Gasteiger partial charge in [0.25, 0.3) is 5.91 Å². The highest BCUT2D eigenvalue weighted by Crippen LogP contribution is 2.12. The molecule has 0 aliphatic rings. The molecule has 0 saturated carbocycles. The summed E-state index contributed by atoms with van der Waals surface area (Å²) in [5.74, 6) is -0.193. The highest BCUT2D eigenvalue weighted by molar-refractivity contribution is 5.97. The summed E-state index contributed by atoms with van der Waals surface area (Å²) in [5.41, 5.74) is 0.297. The number of aromatic nitrogens is 2. The van der Waals surface area contributed by atoms with Crippen molar-refractivity contribution in [2.75, 3.05) is 0 Å². The van der Waals surface area contributed by atoms with Crippen molar-refractivity contribution in [1.29, 1.82) is 0 Å². The van der Waals surface area contributed by atoms with Gasteiger partial charge in [-0.05, 0) is 38.5 Å². The van der Waals surface area contributed by atoms with Crippen LogP contribution in [0.1, 0.15) is 37.6 Å². The van der Waals surface area contributed by atoms with Crippen LogP contribution >= 0.6 is 0 Å². The smallest absolute Gasteiger partial charge is 0.316 e. The Hall–Kier alpha value is -2.37. The van der Waals surface area contributed by atoms with E-state index in [4.69, 9.17) is 0 Å². The molecule has 21 heavy (non-hydrogen) atoms. The molecule has 0 spiro atoms. The van der Waals surface area contributed by atoms with E-state index >= 15 is 0 Å². The molecule has 1 atom stereocenters. The van der Waals surface area contributed by atoms with Gasteiger partial charge in [0.2, 0.25) is 0 Å². The van der Waals surface area contributed by atoms with Crippen LogP contribution < -0.4 is 16.4 Å². The molecule has 0 bridgehead atoms. The van der Waals surface area contributed by atoms with Gasteiger partial charge in [0.15, 0.2) is 0 Å². The molecule has 1 aromatic heterocycles. The average Bonchev–Trinajstić information content (AvgIpc) is 2.48. The first-order chi connectivity index (χ1) is 9.97. The van der Waals surface area contributed by atoms with Crippen molar-refractivity contribution < 1.29 is 4.79 Å². The lowest BCUT2D eigenvalue weighted by atomic mass is 10.1. The Labute approximate surface area is 121 Å². The maximum Gasteiger partial charge on any atom is 0.316 e. The quantitative estimate of drug-likeness (QED) is 0.830. The van der Waals surface area contributed by atoms with Gasteiger partial charge in [-0.25, -0.2) is 0 Å². The second-order valence-corrected chi connectivity index (χ2v) is 5.02. The first kappa shape index (κ1) is 15.0. The third kappa shape index (κ3) is 2.89. The number of aromatic amines is 1. The first-order valence-electron chi connectivity index (χ1n) is 7.05. The molecule has 2 aromatic rings. The van der Waals surface area contributed by atoms with Gasteiger partial charge in [0.05, 0.1) is 11.0 Å². The Morgan fingerprint density at radius 1 is 1.33 bits per heavy atom. The predicted octanol–water partition coefficient (Wildman–Crippen LogP) is 1.24. The summed E-state index contributed by atoms with van der Waals surface area (Å²) in [6.07, 6.45) is 0.839. The van der Waals surface area contributed by atoms with Crippen molar-refractivity contribution in [1.82, 2.24) is 14.9 Å². The van der Waals surface area contributed by atoms with Crippen molar-refractivity contribution in [2.24, 2.45) is 0 Å². The minimum atomic E-state index is -0.677. The Morgan fingerprint density at radius 2 is 2.05 bits per heavy atom. The fourth-order valence-electron chi connectivity index (χ4n) is 2.14. The van der Waals surface area contributed by atoms with Crippen molar-refractivity contribution in [3.63, 3.8) is 0 Å². The minimum absolute atomic E-state index is 0.0804. The summed E-state index contributed by atoms with van der Waals surface area (Å²) in [4.78, 5) is 38.0. The lowest BCUT2D eigenvalue weighted by molar-refractivity contribution is 0.0939. The van der Waals surface area contributed by atoms with E-state index < -0.39 is 11.1 Å². The molecule has 0 radical (unpaired) electrons. The van der Waals surface area contributed by atoms with E-state index in [9.17, 15) is 14.4 Å². The fraction of sp³-hybridized carbons (Fsp3) is 0.400. The molecule has 0 fully saturated rings. The first-order valence-corrected chi connectivity index (χ1v) is 7.05. The van der Waals surface area contributed by atoms with Crippen LogP contribution in [-0.4, -0.2) is 21.5 Å². The summed E-state index contributed by atoms with van der Waals surface area (Å²) >= 11 is 0. The number of nitrogens with one attached hydrogen (secondary N) is 2. The zero-order valence-corrected chi connectivity index (χ0v) is 12.4. The average molecular weight is 289 g/mol. The van der Waals surface area contributed by atoms with Gasteiger partial charge in [0.1, 0.15) is 0 Å². The molecule has 0 aliphatic carbocycles. The highest BCUT2D eigenvalue weighted by Gasteiger charge is 2.11. The van der Waals surface area contributed by atoms with Crippen LogP contribution in [-0.2, 0) is 6.54 Å². The van der Waals surface area contributed by atoms with E-state index in [1.54, 1.807) is 25.1 Å². The number of carbonyl (C=O) groups is 1. The molecule has 6 heteroatoms. The van der Waals surface area contributed by atoms with Crippen LogP contribution in [0.2, 0.25) is 0 Å². The maximum atomic E-state index is 12.1. The van der Waals surface area contributed by atoms with Crippen molar-refractivity contribution in [2.45, 2.75) is 39.8 Å². The monoisotopic (exact) mass is 289 g/mol. The summed E-state index contributed by atoms with van der Waals surface area (Å²) in [7, 11) is 0. The lowest BCUT2D eigenvalue weighted by Crippen LogP contribution is -2.36. The number of hydrogen-bond donors (Lipinski definition) is 2. The van der Waals surface area contributed by atoms with Crippen LogP contribution in [0.4, 0.5) is 0 Å². The highest BCUT2D eigenvalue weighted by atomic mass is 16.2. The third-order valence-corrected chi connectivity index (χ3v) is 3.54. The summed E-state index contributed by atoms with van der Waals surface area (Å²) < 4.78 is 1.39. The summed E-state index contributed by atoms with van der Waals surface area (Å²) in [6, 6.07) is 5.02. The van der Waals surface area contributed by atoms with E-state index in [1.807, 2.05) is 13.8 Å². The molecule has 1 aromatic carbocycles. The van der Waals surface area contributed by atoms with Crippen molar-refractivity contribution in [3.05, 3.63) is 44.5 Å². The van der Waals surface area contributed by atoms with Gasteiger partial charge in [-0.1, -0.05) is 6.92 Å². The second-order valence-electron chi connectivity index (χ2n) is 5.02. The fourth-order valence-corrected chi connectivity index (χ4v) is 2.14. The molecular weight excluding hydrogens is 270 g/mol. The molecule has 1 amide bonds. The zero-order valence-electron chi connectivity index (χ0n) is 12.4. The number of benzene rings is 1. The maximum absolute atomic E-state index is 12.1. The van der Waals surface area contributed by atoms with Gasteiger partial charge in [-0.3, -0.25) is 14.4 Å². The Morgan fingerprint density at radius 3 is 2.67 bits per heavy atom. The lowest BCUT2D eigenvalue weighted by Gasteiger charge is -2.12. The van der Waals surface area contributed by atoms with Gasteiger partial charge < -0.3 is 14.9 Å². The molecule has 2 rings (SSSR count). The third-order valence-electron chi connectivity index (χ3n) is 3.54. The topological polar surface area (TPSA) is 84.0 Å². The number of carbonyl (C=O) groups excluding carboxylic acids is 1. The zero-order chi connectivity index (χ0) is 15.6. The van der Waals surface area contributed by atoms with Gasteiger partial charge in [0, 0.05) is 18.2 Å². The minimum Gasteiger partial charge on any atom is -0.350 e. The number of fused-ring (bicyclic) bond motifs is 1. The molecular formula is C15H19N3O3. The largest absolute Gasteiger partial charge is 0.350 e. The number of hydrogen-bond acceptors (Lipinski definition) is 3. The number of H-pyrrole nitrogens is 1. The number of rotatable bonds is 4. The van der Waals surface area contributed by atoms with E-state index in [0.29, 0.717) is 23.1 Å². The van der Waals surface area contributed by atoms with Crippen LogP contribution in [0, 0.1) is 0 Å². The number of nitrogens with zero attached hydrogens (tertiary/aromatic N) is 1. The Bertz CT molecular complexity index is 789. The molecule has 0 unspecified atom stereocenters. The SMILES string of the molecule is CC[C@@H](C)NC(=O)c1ccc2c(c1)[nH]c(=O)c(=O)n2CC. The molecule has 1 heterocycles. The standard InChI is InChI=1S/C15H19N3O3/c1-4-9(3)16-13(19)10-6-7-12-11(8-10)17-14(20)15(21)18(12)5-2/h6-9H,4-5H2,1-3H3,(H,16,19)(H,17,20)/t9-/m1/s1. The van der Waals surface area contributed by atoms with E-state index in [-0.39, 0.29) is 11.9 Å². The van der Waals surface area contributed by atoms with Crippen LogP contribution in [0.15, 0.2) is 27.8 Å². The van der Waals surface area contributed by atoms with E-state index in [2.05, 4.69) is 10.3 Å². The van der Waals surface area contributed by atoms with Crippen LogP contribution in [0.5, 0.6) is 0 Å². The van der Waals surface area contributed by atoms with Crippen LogP contribution in [0.25, 0.3) is 11.0 Å². The predicted molar refractivity (Wildman–Crippen MR) is 81.7 cm³/mol. The van der Waals surface area contributed by atoms with Crippen LogP contribution in [0.3, 0.4) is 0 Å². The Kier molecular flexibility index (Phi) is 4.26. The Balaban J connectivity index is 2.52. The molecule has 2 N–H and O–H groups in total. The summed E-state index contributed by atoms with van der Waals surface area (Å²) in [6.45, 7) is 6.11. The molecule has 112 valence electrons. The van der Waals surface area contributed by atoms with Gasteiger partial charge in [-0.15, -0.1) is 0 Å². The van der Waals surface area contributed by atoms with E-state index in [0.717, 1.165) is 6.42 Å². The molecule has 6 nitrogen and oxygen atoms in total. The van der Waals surface area contributed by atoms with Crippen molar-refractivity contribution >= 4 is 16.9 Å². The van der Waals surface area contributed by atoms with E-state index in [1.165, 1.54) is 4.57 Å². The number of aryl methyl sites for hydroxylation is 1. The van der Waals surface area contributed by atoms with Crippen molar-refractivity contribution in [3.8, 4) is 0 Å². The molecule has 0 saturated heterocycles. The second kappa shape index (κ2) is 5.95. The summed E-state index contributed by atoms with van der Waals surface area (Å²) in [5, 5.41) is 2.87.